The van der Waals surface area contributed by atoms with Gasteiger partial charge in [0.1, 0.15) is 16.5 Å². The van der Waals surface area contributed by atoms with Gasteiger partial charge >= 0.3 is 6.03 Å². The number of urea groups is 1. The Morgan fingerprint density at radius 1 is 1.08 bits per heavy atom. The molecule has 2 aromatic heterocycles. The first kappa shape index (κ1) is 23.8. The van der Waals surface area contributed by atoms with Crippen LogP contribution in [-0.2, 0) is 22.4 Å². The average Bonchev–Trinajstić information content (AvgIpc) is 3.34. The number of hydrogen-bond donors (Lipinski definition) is 1. The lowest BCUT2D eigenvalue weighted by Gasteiger charge is -2.28. The molecule has 7 nitrogen and oxygen atoms in total. The van der Waals surface area contributed by atoms with E-state index >= 15 is 0 Å². The zero-order valence-corrected chi connectivity index (χ0v) is 21.5. The van der Waals surface area contributed by atoms with Crippen molar-refractivity contribution in [1.82, 2.24) is 9.88 Å². The molecule has 4 amide bonds. The largest absolute Gasteiger partial charge is 0.335 e. The smallest absolute Gasteiger partial charge is 0.316 e. The molecule has 1 N–H and O–H groups in total. The topological polar surface area (TPSA) is 95.2 Å². The number of amides is 4. The van der Waals surface area contributed by atoms with Crippen LogP contribution in [0.4, 0.5) is 10.5 Å². The van der Waals surface area contributed by atoms with Crippen molar-refractivity contribution in [2.24, 2.45) is 0 Å². The molecule has 5 rings (SSSR count). The first-order chi connectivity index (χ1) is 17.2. The van der Waals surface area contributed by atoms with Gasteiger partial charge in [0.25, 0.3) is 11.8 Å². The van der Waals surface area contributed by atoms with Crippen molar-refractivity contribution in [3.8, 4) is 11.8 Å². The fourth-order valence-electron chi connectivity index (χ4n) is 5.15. The number of nitrogens with zero attached hydrogens (tertiary/aromatic N) is 3. The van der Waals surface area contributed by atoms with Gasteiger partial charge in [0, 0.05) is 16.3 Å². The second-order valence-electron chi connectivity index (χ2n) is 9.34. The van der Waals surface area contributed by atoms with Gasteiger partial charge in [-0.15, -0.1) is 11.3 Å². The molecule has 0 bridgehead atoms. The molecule has 0 spiro atoms. The van der Waals surface area contributed by atoms with Gasteiger partial charge in [-0.2, -0.15) is 5.26 Å². The second-order valence-corrected chi connectivity index (χ2v) is 10.4. The minimum absolute atomic E-state index is 0.108. The summed E-state index contributed by atoms with van der Waals surface area (Å²) in [7, 11) is 0. The molecular weight excluding hydrogens is 472 g/mol. The molecule has 1 fully saturated rings. The molecule has 2 aliphatic rings. The number of carbonyl (C=O) groups is 3. The summed E-state index contributed by atoms with van der Waals surface area (Å²) in [4.78, 5) is 41.9. The monoisotopic (exact) mass is 498 g/mol. The molecule has 36 heavy (non-hydrogen) atoms. The van der Waals surface area contributed by atoms with Crippen LogP contribution in [0, 0.1) is 39.0 Å². The van der Waals surface area contributed by atoms with E-state index in [1.54, 1.807) is 29.5 Å². The van der Waals surface area contributed by atoms with E-state index in [9.17, 15) is 19.6 Å². The van der Waals surface area contributed by atoms with Gasteiger partial charge in [-0.1, -0.05) is 12.1 Å². The number of rotatable bonds is 3. The number of imide groups is 2. The summed E-state index contributed by atoms with van der Waals surface area (Å²) in [6.07, 6.45) is 5.69. The molecular formula is C28H26N4O3S. The number of fused-ring (bicyclic) bond motifs is 1. The fraction of sp³-hybridized carbons (Fsp3) is 0.286. The number of nitrogens with one attached hydrogen (secondary N) is 1. The SMILES string of the molecule is Cc1cccc(N2C(=O)NC(=O)/C(=C\c3cc(C)n(-c4c(C#N)sc5c4CCCC5)c3C)C2=O)c1C. The normalized spacial score (nSPS) is 16.8. The lowest BCUT2D eigenvalue weighted by Crippen LogP contribution is -2.54. The highest BCUT2D eigenvalue weighted by Gasteiger charge is 2.38. The third kappa shape index (κ3) is 3.67. The van der Waals surface area contributed by atoms with E-state index in [0.29, 0.717) is 16.1 Å². The number of carbonyl (C=O) groups excluding carboxylic acids is 3. The third-order valence-corrected chi connectivity index (χ3v) is 8.34. The molecule has 1 aliphatic carbocycles. The lowest BCUT2D eigenvalue weighted by molar-refractivity contribution is -0.122. The molecule has 0 unspecified atom stereocenters. The van der Waals surface area contributed by atoms with Crippen LogP contribution in [-0.4, -0.2) is 22.4 Å². The van der Waals surface area contributed by atoms with Crippen molar-refractivity contribution < 1.29 is 14.4 Å². The van der Waals surface area contributed by atoms with E-state index in [2.05, 4.69) is 16.0 Å². The van der Waals surface area contributed by atoms with Gasteiger partial charge in [-0.3, -0.25) is 14.9 Å². The van der Waals surface area contributed by atoms with Crippen molar-refractivity contribution >= 4 is 40.9 Å². The Labute approximate surface area is 213 Å². The zero-order chi connectivity index (χ0) is 25.7. The molecule has 3 heterocycles. The summed E-state index contributed by atoms with van der Waals surface area (Å²) in [5.74, 6) is -1.38. The zero-order valence-electron chi connectivity index (χ0n) is 20.7. The molecule has 182 valence electrons. The highest BCUT2D eigenvalue weighted by atomic mass is 32.1. The van der Waals surface area contributed by atoms with Crippen LogP contribution in [0.25, 0.3) is 11.8 Å². The summed E-state index contributed by atoms with van der Waals surface area (Å²) >= 11 is 1.56. The summed E-state index contributed by atoms with van der Waals surface area (Å²) in [5, 5.41) is 12.2. The standard InChI is InChI=1S/C28H26N4O3S/c1-15-8-7-10-22(17(15)3)32-27(34)21(26(33)30-28(32)35)13-19-12-16(2)31(18(19)4)25-20-9-5-6-11-23(20)36-24(25)14-29/h7-8,10,12-13H,5-6,9,11H2,1-4H3,(H,30,33,35)/b21-13+. The Morgan fingerprint density at radius 2 is 1.83 bits per heavy atom. The molecule has 1 aliphatic heterocycles. The Hall–Kier alpha value is -3.96. The van der Waals surface area contributed by atoms with Gasteiger partial charge in [-0.25, -0.2) is 9.69 Å². The van der Waals surface area contributed by atoms with Crippen molar-refractivity contribution in [3.05, 3.63) is 73.2 Å². The quantitative estimate of drug-likeness (QED) is 0.397. The maximum Gasteiger partial charge on any atom is 0.335 e. The first-order valence-corrected chi connectivity index (χ1v) is 12.8. The Morgan fingerprint density at radius 3 is 2.58 bits per heavy atom. The van der Waals surface area contributed by atoms with Crippen molar-refractivity contribution in [2.45, 2.75) is 53.4 Å². The molecule has 3 aromatic rings. The Kier molecular flexibility index (Phi) is 5.89. The van der Waals surface area contributed by atoms with Gasteiger partial charge in [-0.05, 0) is 93.8 Å². The van der Waals surface area contributed by atoms with Gasteiger partial charge in [0.05, 0.1) is 11.4 Å². The van der Waals surface area contributed by atoms with Crippen LogP contribution in [0.15, 0.2) is 29.8 Å². The third-order valence-electron chi connectivity index (χ3n) is 7.16. The van der Waals surface area contributed by atoms with Crippen LogP contribution in [0.1, 0.15) is 56.2 Å². The minimum atomic E-state index is -0.759. The number of benzene rings is 1. The van der Waals surface area contributed by atoms with Crippen molar-refractivity contribution in [2.75, 3.05) is 4.90 Å². The highest BCUT2D eigenvalue weighted by Crippen LogP contribution is 2.39. The van der Waals surface area contributed by atoms with E-state index in [0.717, 1.165) is 58.8 Å². The summed E-state index contributed by atoms with van der Waals surface area (Å²) in [5.41, 5.74) is 6.65. The van der Waals surface area contributed by atoms with Gasteiger partial charge in [0.15, 0.2) is 0 Å². The van der Waals surface area contributed by atoms with E-state index < -0.39 is 17.8 Å². The van der Waals surface area contributed by atoms with Crippen molar-refractivity contribution in [1.29, 1.82) is 5.26 Å². The molecule has 1 aromatic carbocycles. The van der Waals surface area contributed by atoms with Crippen LogP contribution < -0.4 is 10.2 Å². The number of aryl methyl sites for hydroxylation is 3. The van der Waals surface area contributed by atoms with Crippen LogP contribution >= 0.6 is 11.3 Å². The van der Waals surface area contributed by atoms with Crippen LogP contribution in [0.5, 0.6) is 0 Å². The number of anilines is 1. The predicted octanol–water partition coefficient (Wildman–Crippen LogP) is 5.19. The molecule has 0 atom stereocenters. The van der Waals surface area contributed by atoms with E-state index in [4.69, 9.17) is 0 Å². The van der Waals surface area contributed by atoms with E-state index in [1.807, 2.05) is 39.8 Å². The van der Waals surface area contributed by atoms with Gasteiger partial charge in [0.2, 0.25) is 0 Å². The average molecular weight is 499 g/mol. The van der Waals surface area contributed by atoms with Gasteiger partial charge < -0.3 is 4.57 Å². The second kappa shape index (κ2) is 8.92. The van der Waals surface area contributed by atoms with E-state index in [-0.39, 0.29) is 5.57 Å². The highest BCUT2D eigenvalue weighted by molar-refractivity contribution is 7.13. The Bertz CT molecular complexity index is 1530. The predicted molar refractivity (Wildman–Crippen MR) is 139 cm³/mol. The van der Waals surface area contributed by atoms with Crippen LogP contribution in [0.2, 0.25) is 0 Å². The number of hydrogen-bond acceptors (Lipinski definition) is 5. The molecule has 8 heteroatoms. The molecule has 1 saturated heterocycles. The fourth-order valence-corrected chi connectivity index (χ4v) is 6.32. The lowest BCUT2D eigenvalue weighted by atomic mass is 9.97. The summed E-state index contributed by atoms with van der Waals surface area (Å²) < 4.78 is 2.06. The number of aromatic nitrogens is 1. The number of thiophene rings is 1. The first-order valence-electron chi connectivity index (χ1n) is 11.9. The van der Waals surface area contributed by atoms with Crippen molar-refractivity contribution in [3.63, 3.8) is 0 Å². The van der Waals surface area contributed by atoms with Crippen LogP contribution in [0.3, 0.4) is 0 Å². The van der Waals surface area contributed by atoms with E-state index in [1.165, 1.54) is 10.4 Å². The maximum absolute atomic E-state index is 13.5. The molecule has 0 saturated carbocycles. The molecule has 0 radical (unpaired) electrons. The Balaban J connectivity index is 1.61. The number of barbiturate groups is 1. The minimum Gasteiger partial charge on any atom is -0.316 e. The summed E-state index contributed by atoms with van der Waals surface area (Å²) in [6.45, 7) is 7.62. The maximum atomic E-state index is 13.5. The number of nitriles is 1. The summed E-state index contributed by atoms with van der Waals surface area (Å²) in [6, 6.07) is 8.90.